The molecule has 8 heteroatoms. The van der Waals surface area contributed by atoms with Crippen molar-refractivity contribution in [3.8, 4) is 51.7 Å². The molecule has 10 rings (SSSR count). The maximum Gasteiger partial charge on any atom is 0.212 e. The molecule has 6 aliphatic rings. The number of hydrogen-bond acceptors (Lipinski definition) is 8. The highest BCUT2D eigenvalue weighted by molar-refractivity contribution is 6.07. The second-order valence-corrected chi connectivity index (χ2v) is 11.7. The van der Waals surface area contributed by atoms with Crippen molar-refractivity contribution < 1.29 is 28.4 Å². The molecule has 0 unspecified atom stereocenters. The van der Waals surface area contributed by atoms with Gasteiger partial charge < -0.3 is 28.4 Å². The van der Waals surface area contributed by atoms with E-state index in [1.807, 2.05) is 18.2 Å². The molecule has 0 aromatic heterocycles. The first kappa shape index (κ1) is 26.9. The summed E-state index contributed by atoms with van der Waals surface area (Å²) in [7, 11) is 7.19. The number of likely N-dealkylation sites (N-methyl/N-ethyl adjacent to an activating group) is 1. The van der Waals surface area contributed by atoms with Gasteiger partial charge in [-0.25, -0.2) is 0 Å². The summed E-state index contributed by atoms with van der Waals surface area (Å²) in [6.45, 7) is 1.60. The maximum absolute atomic E-state index is 6.93. The molecule has 0 spiro atoms. The highest BCUT2D eigenvalue weighted by Crippen LogP contribution is 2.59. The lowest BCUT2D eigenvalue weighted by Gasteiger charge is -2.38. The third kappa shape index (κ3) is 4.27. The van der Waals surface area contributed by atoms with Gasteiger partial charge in [0.15, 0.2) is 34.5 Å². The second-order valence-electron chi connectivity index (χ2n) is 11.7. The number of aliphatic imine (C=N–C) groups is 1. The topological polar surface area (TPSA) is 71.0 Å². The van der Waals surface area contributed by atoms with Crippen LogP contribution in [0.5, 0.6) is 51.7 Å². The molecule has 4 aromatic rings. The normalized spacial score (nSPS) is 17.8. The summed E-state index contributed by atoms with van der Waals surface area (Å²) in [5, 5.41) is 0. The van der Waals surface area contributed by atoms with Gasteiger partial charge in [0.05, 0.1) is 27.0 Å². The Morgan fingerprint density at radius 3 is 2.20 bits per heavy atom. The molecule has 0 radical (unpaired) electrons. The molecule has 10 bridgehead atoms. The Bertz CT molecular complexity index is 1830. The Labute approximate surface area is 256 Å². The molecule has 224 valence electrons. The van der Waals surface area contributed by atoms with Crippen LogP contribution in [0.15, 0.2) is 59.6 Å². The summed E-state index contributed by atoms with van der Waals surface area (Å²) in [5.41, 5.74) is 7.58. The zero-order valence-corrected chi connectivity index (χ0v) is 25.4. The number of nitrogens with zero attached hydrogens (tertiary/aromatic N) is 2. The molecule has 0 saturated carbocycles. The fourth-order valence-corrected chi connectivity index (χ4v) is 6.95. The molecule has 8 nitrogen and oxygen atoms in total. The first-order valence-corrected chi connectivity index (χ1v) is 15.1. The van der Waals surface area contributed by atoms with Gasteiger partial charge in [-0.3, -0.25) is 9.89 Å². The minimum absolute atomic E-state index is 0.0173. The summed E-state index contributed by atoms with van der Waals surface area (Å²) in [6.07, 6.45) is 3.03. The van der Waals surface area contributed by atoms with Crippen molar-refractivity contribution in [3.63, 3.8) is 0 Å². The van der Waals surface area contributed by atoms with Crippen molar-refractivity contribution in [1.82, 2.24) is 4.90 Å². The van der Waals surface area contributed by atoms with Crippen LogP contribution >= 0.6 is 0 Å². The molecule has 44 heavy (non-hydrogen) atoms. The van der Waals surface area contributed by atoms with Crippen LogP contribution in [0.4, 0.5) is 0 Å². The number of fused-ring (bicyclic) bond motifs is 1. The van der Waals surface area contributed by atoms with E-state index in [1.54, 1.807) is 21.3 Å². The Kier molecular flexibility index (Phi) is 6.41. The predicted octanol–water partition coefficient (Wildman–Crippen LogP) is 7.08. The van der Waals surface area contributed by atoms with Crippen LogP contribution < -0.4 is 28.4 Å². The highest BCUT2D eigenvalue weighted by atomic mass is 16.6. The molecule has 0 aliphatic carbocycles. The zero-order valence-electron chi connectivity index (χ0n) is 25.4. The molecule has 4 aromatic carbocycles. The van der Waals surface area contributed by atoms with E-state index in [0.29, 0.717) is 59.0 Å². The quantitative estimate of drug-likeness (QED) is 0.223. The van der Waals surface area contributed by atoms with Gasteiger partial charge in [-0.15, -0.1) is 0 Å². The van der Waals surface area contributed by atoms with Crippen LogP contribution in [0, 0.1) is 0 Å². The zero-order chi connectivity index (χ0) is 29.9. The Morgan fingerprint density at radius 2 is 1.43 bits per heavy atom. The molecule has 0 saturated heterocycles. The standard InChI is InChI=1S/C36H34N2O6/c1-38-14-12-23-19-30(41-4)34-36-32(23)26(38)16-21-7-10-27(39-2)28(17-21)42-24-8-5-20(6-9-24)15-25-31-22(11-13-37-25)18-29(40-3)33(44-36)35(31)43-34/h5-10,17-19,26H,11-16H2,1-4H3/t26-/m1/s1. The Morgan fingerprint density at radius 1 is 0.727 bits per heavy atom. The van der Waals surface area contributed by atoms with Crippen LogP contribution in [0.25, 0.3) is 0 Å². The third-order valence-corrected chi connectivity index (χ3v) is 9.21. The highest BCUT2D eigenvalue weighted by Gasteiger charge is 2.39. The average Bonchev–Trinajstić information content (AvgIpc) is 3.05. The van der Waals surface area contributed by atoms with E-state index in [9.17, 15) is 0 Å². The average molecular weight is 591 g/mol. The van der Waals surface area contributed by atoms with Gasteiger partial charge in [-0.1, -0.05) is 18.2 Å². The third-order valence-electron chi connectivity index (χ3n) is 9.21. The molecular weight excluding hydrogens is 556 g/mol. The summed E-state index contributed by atoms with van der Waals surface area (Å²) >= 11 is 0. The summed E-state index contributed by atoms with van der Waals surface area (Å²) in [5.74, 6) is 5.90. The van der Waals surface area contributed by atoms with Crippen molar-refractivity contribution in [3.05, 3.63) is 88.0 Å². The summed E-state index contributed by atoms with van der Waals surface area (Å²) in [4.78, 5) is 7.38. The van der Waals surface area contributed by atoms with Crippen molar-refractivity contribution in [2.45, 2.75) is 31.7 Å². The van der Waals surface area contributed by atoms with E-state index < -0.39 is 0 Å². The van der Waals surface area contributed by atoms with E-state index in [2.05, 4.69) is 48.3 Å². The number of methoxy groups -OCH3 is 3. The molecule has 0 N–H and O–H groups in total. The fourth-order valence-electron chi connectivity index (χ4n) is 6.95. The molecule has 1 atom stereocenters. The van der Waals surface area contributed by atoms with Crippen molar-refractivity contribution >= 4 is 5.71 Å². The van der Waals surface area contributed by atoms with Crippen LogP contribution in [-0.4, -0.2) is 52.1 Å². The number of rotatable bonds is 3. The largest absolute Gasteiger partial charge is 0.493 e. The molecule has 6 heterocycles. The van der Waals surface area contributed by atoms with Gasteiger partial charge in [0.2, 0.25) is 11.5 Å². The van der Waals surface area contributed by atoms with Crippen LogP contribution in [0.3, 0.4) is 0 Å². The monoisotopic (exact) mass is 590 g/mol. The van der Waals surface area contributed by atoms with Crippen molar-refractivity contribution in [1.29, 1.82) is 0 Å². The Hall–Kier alpha value is -4.69. The van der Waals surface area contributed by atoms with Gasteiger partial charge >= 0.3 is 0 Å². The fraction of sp³-hybridized carbons (Fsp3) is 0.306. The van der Waals surface area contributed by atoms with E-state index in [0.717, 1.165) is 65.1 Å². The van der Waals surface area contributed by atoms with Gasteiger partial charge in [-0.05, 0) is 85.0 Å². The smallest absolute Gasteiger partial charge is 0.212 e. The Balaban J connectivity index is 1.38. The van der Waals surface area contributed by atoms with E-state index in [4.69, 9.17) is 33.4 Å². The maximum atomic E-state index is 6.93. The van der Waals surface area contributed by atoms with Crippen LogP contribution in [-0.2, 0) is 25.7 Å². The number of ether oxygens (including phenoxy) is 6. The van der Waals surface area contributed by atoms with Crippen LogP contribution in [0.2, 0.25) is 0 Å². The van der Waals surface area contributed by atoms with E-state index in [1.165, 1.54) is 5.56 Å². The predicted molar refractivity (Wildman–Crippen MR) is 167 cm³/mol. The second kappa shape index (κ2) is 10.5. The van der Waals surface area contributed by atoms with Crippen molar-refractivity contribution in [2.75, 3.05) is 41.5 Å². The molecular formula is C36H34N2O6. The van der Waals surface area contributed by atoms with E-state index in [-0.39, 0.29) is 6.04 Å². The number of benzene rings is 4. The first-order valence-electron chi connectivity index (χ1n) is 15.1. The van der Waals surface area contributed by atoms with Gasteiger partial charge in [0.1, 0.15) is 5.75 Å². The summed E-state index contributed by atoms with van der Waals surface area (Å²) in [6, 6.07) is 18.6. The van der Waals surface area contributed by atoms with Gasteiger partial charge in [-0.2, -0.15) is 0 Å². The molecule has 6 aliphatic heterocycles. The SMILES string of the molecule is COc1ccc2cc1Oc1ccc(cc1)CC1=NCCc3cc(OC)c4c(c31)Oc1c(OC)cc3c(c1O4)[C@@H](C2)N(C)CC3. The lowest BCUT2D eigenvalue weighted by atomic mass is 9.87. The first-order chi connectivity index (χ1) is 21.5. The molecule has 0 fully saturated rings. The molecule has 0 amide bonds. The minimum Gasteiger partial charge on any atom is -0.493 e. The van der Waals surface area contributed by atoms with Crippen molar-refractivity contribution in [2.24, 2.45) is 4.99 Å². The lowest BCUT2D eigenvalue weighted by molar-refractivity contribution is 0.218. The summed E-state index contributed by atoms with van der Waals surface area (Å²) < 4.78 is 37.8. The lowest BCUT2D eigenvalue weighted by Crippen LogP contribution is -2.34. The van der Waals surface area contributed by atoms with Crippen LogP contribution in [0.1, 0.15) is 39.4 Å². The van der Waals surface area contributed by atoms with Gasteiger partial charge in [0.25, 0.3) is 0 Å². The van der Waals surface area contributed by atoms with E-state index >= 15 is 0 Å². The van der Waals surface area contributed by atoms with Gasteiger partial charge in [0, 0.05) is 36.7 Å². The number of hydrogen-bond donors (Lipinski definition) is 0. The minimum atomic E-state index is 0.0173.